The van der Waals surface area contributed by atoms with Crippen molar-refractivity contribution in [1.82, 2.24) is 5.48 Å². The second-order valence-corrected chi connectivity index (χ2v) is 4.08. The SMILES string of the molecule is CCONC(=O)[C@@H](C)Oc1ccc(Cl)cc1Cl. The maximum Gasteiger partial charge on any atom is 0.284 e. The fourth-order valence-electron chi connectivity index (χ4n) is 1.04. The number of nitrogens with one attached hydrogen (secondary N) is 1. The van der Waals surface area contributed by atoms with Gasteiger partial charge in [-0.1, -0.05) is 23.2 Å². The Morgan fingerprint density at radius 3 is 2.76 bits per heavy atom. The van der Waals surface area contributed by atoms with Gasteiger partial charge in [-0.3, -0.25) is 9.63 Å². The van der Waals surface area contributed by atoms with Crippen molar-refractivity contribution in [2.24, 2.45) is 0 Å². The molecule has 1 rings (SSSR count). The van der Waals surface area contributed by atoms with Crippen LogP contribution in [0.1, 0.15) is 13.8 Å². The fourth-order valence-corrected chi connectivity index (χ4v) is 1.49. The Morgan fingerprint density at radius 1 is 1.47 bits per heavy atom. The van der Waals surface area contributed by atoms with Gasteiger partial charge < -0.3 is 4.74 Å². The smallest absolute Gasteiger partial charge is 0.284 e. The summed E-state index contributed by atoms with van der Waals surface area (Å²) >= 11 is 11.7. The molecule has 0 heterocycles. The van der Waals surface area contributed by atoms with Gasteiger partial charge in [0.25, 0.3) is 5.91 Å². The minimum atomic E-state index is -0.708. The molecule has 0 bridgehead atoms. The summed E-state index contributed by atoms with van der Waals surface area (Å²) < 4.78 is 5.38. The number of rotatable bonds is 5. The average molecular weight is 278 g/mol. The molecule has 0 unspecified atom stereocenters. The topological polar surface area (TPSA) is 47.6 Å². The van der Waals surface area contributed by atoms with Crippen LogP contribution in [0.3, 0.4) is 0 Å². The molecule has 1 aromatic carbocycles. The first-order valence-corrected chi connectivity index (χ1v) is 5.83. The van der Waals surface area contributed by atoms with Gasteiger partial charge in [0.1, 0.15) is 5.75 Å². The summed E-state index contributed by atoms with van der Waals surface area (Å²) in [4.78, 5) is 16.2. The van der Waals surface area contributed by atoms with Gasteiger partial charge in [-0.25, -0.2) is 5.48 Å². The number of hydrogen-bond acceptors (Lipinski definition) is 3. The fraction of sp³-hybridized carbons (Fsp3) is 0.364. The molecule has 0 saturated heterocycles. The van der Waals surface area contributed by atoms with Crippen molar-refractivity contribution in [3.05, 3.63) is 28.2 Å². The van der Waals surface area contributed by atoms with Crippen LogP contribution in [0.25, 0.3) is 0 Å². The van der Waals surface area contributed by atoms with E-state index in [2.05, 4.69) is 5.48 Å². The van der Waals surface area contributed by atoms with Crippen LogP contribution in [-0.4, -0.2) is 18.6 Å². The summed E-state index contributed by atoms with van der Waals surface area (Å²) in [6.07, 6.45) is -0.708. The highest BCUT2D eigenvalue weighted by molar-refractivity contribution is 6.35. The summed E-state index contributed by atoms with van der Waals surface area (Å²) in [7, 11) is 0. The number of carbonyl (C=O) groups is 1. The van der Waals surface area contributed by atoms with Gasteiger partial charge in [-0.05, 0) is 32.0 Å². The van der Waals surface area contributed by atoms with Crippen LogP contribution in [0.5, 0.6) is 5.75 Å². The molecule has 0 aliphatic rings. The minimum absolute atomic E-state index is 0.355. The zero-order valence-corrected chi connectivity index (χ0v) is 11.0. The van der Waals surface area contributed by atoms with Crippen molar-refractivity contribution in [3.8, 4) is 5.75 Å². The first-order chi connectivity index (χ1) is 8.04. The van der Waals surface area contributed by atoms with E-state index in [0.29, 0.717) is 22.4 Å². The first-order valence-electron chi connectivity index (χ1n) is 5.08. The Kier molecular flexibility index (Phi) is 5.55. The van der Waals surface area contributed by atoms with E-state index in [1.807, 2.05) is 0 Å². The van der Waals surface area contributed by atoms with Crippen molar-refractivity contribution < 1.29 is 14.4 Å². The van der Waals surface area contributed by atoms with E-state index in [9.17, 15) is 4.79 Å². The average Bonchev–Trinajstić information content (AvgIpc) is 2.29. The Hall–Kier alpha value is -0.970. The van der Waals surface area contributed by atoms with Gasteiger partial charge in [-0.2, -0.15) is 0 Å². The predicted molar refractivity (Wildman–Crippen MR) is 66.3 cm³/mol. The molecule has 0 aromatic heterocycles. The molecule has 0 saturated carbocycles. The molecule has 0 aliphatic heterocycles. The molecular formula is C11H13Cl2NO3. The highest BCUT2D eigenvalue weighted by Crippen LogP contribution is 2.28. The van der Waals surface area contributed by atoms with E-state index in [-0.39, 0.29) is 5.91 Å². The minimum Gasteiger partial charge on any atom is -0.479 e. The van der Waals surface area contributed by atoms with Crippen molar-refractivity contribution in [1.29, 1.82) is 0 Å². The van der Waals surface area contributed by atoms with Gasteiger partial charge in [0.2, 0.25) is 0 Å². The van der Waals surface area contributed by atoms with E-state index < -0.39 is 6.10 Å². The van der Waals surface area contributed by atoms with E-state index in [4.69, 9.17) is 32.8 Å². The Bertz CT molecular complexity index is 398. The van der Waals surface area contributed by atoms with E-state index in [1.54, 1.807) is 32.0 Å². The number of hydroxylamine groups is 1. The first kappa shape index (κ1) is 14.1. The van der Waals surface area contributed by atoms with Crippen molar-refractivity contribution >= 4 is 29.1 Å². The maximum atomic E-state index is 11.5. The van der Waals surface area contributed by atoms with Crippen LogP contribution in [0.15, 0.2) is 18.2 Å². The maximum absolute atomic E-state index is 11.5. The third-order valence-corrected chi connectivity index (χ3v) is 2.41. The lowest BCUT2D eigenvalue weighted by atomic mass is 10.3. The standard InChI is InChI=1S/C11H13Cl2NO3/c1-3-16-14-11(15)7(2)17-10-5-4-8(12)6-9(10)13/h4-7H,3H2,1-2H3,(H,14,15)/t7-/m1/s1. The largest absolute Gasteiger partial charge is 0.479 e. The lowest BCUT2D eigenvalue weighted by Crippen LogP contribution is -2.36. The van der Waals surface area contributed by atoms with E-state index in [0.717, 1.165) is 0 Å². The Labute approximate surface area is 110 Å². The molecule has 1 atom stereocenters. The number of ether oxygens (including phenoxy) is 1. The summed E-state index contributed by atoms with van der Waals surface area (Å²) in [5.41, 5.74) is 2.25. The van der Waals surface area contributed by atoms with Gasteiger partial charge in [-0.15, -0.1) is 0 Å². The summed E-state index contributed by atoms with van der Waals surface area (Å²) in [6, 6.07) is 4.79. The summed E-state index contributed by atoms with van der Waals surface area (Å²) in [5, 5.41) is 0.863. The molecule has 0 radical (unpaired) electrons. The molecule has 4 nitrogen and oxygen atoms in total. The van der Waals surface area contributed by atoms with Crippen LogP contribution in [0.4, 0.5) is 0 Å². The van der Waals surface area contributed by atoms with Crippen LogP contribution in [-0.2, 0) is 9.63 Å². The molecule has 0 aliphatic carbocycles. The number of carbonyl (C=O) groups excluding carboxylic acids is 1. The molecular weight excluding hydrogens is 265 g/mol. The van der Waals surface area contributed by atoms with Crippen LogP contribution >= 0.6 is 23.2 Å². The number of hydrogen-bond donors (Lipinski definition) is 1. The molecule has 1 aromatic rings. The van der Waals surface area contributed by atoms with Crippen LogP contribution in [0, 0.1) is 0 Å². The lowest BCUT2D eigenvalue weighted by molar-refractivity contribution is -0.139. The molecule has 0 spiro atoms. The second kappa shape index (κ2) is 6.69. The van der Waals surface area contributed by atoms with E-state index in [1.165, 1.54) is 0 Å². The molecule has 6 heteroatoms. The number of benzene rings is 1. The molecule has 0 fully saturated rings. The lowest BCUT2D eigenvalue weighted by Gasteiger charge is -2.15. The molecule has 17 heavy (non-hydrogen) atoms. The zero-order valence-electron chi connectivity index (χ0n) is 9.50. The molecule has 94 valence electrons. The van der Waals surface area contributed by atoms with Gasteiger partial charge in [0.15, 0.2) is 6.10 Å². The summed E-state index contributed by atoms with van der Waals surface area (Å²) in [5.74, 6) is 0.0214. The quantitative estimate of drug-likeness (QED) is 0.842. The number of halogens is 2. The number of amides is 1. The second-order valence-electron chi connectivity index (χ2n) is 3.23. The molecule has 1 amide bonds. The van der Waals surface area contributed by atoms with Crippen molar-refractivity contribution in [2.75, 3.05) is 6.61 Å². The third kappa shape index (κ3) is 4.42. The van der Waals surface area contributed by atoms with Crippen molar-refractivity contribution in [2.45, 2.75) is 20.0 Å². The Morgan fingerprint density at radius 2 is 2.18 bits per heavy atom. The monoisotopic (exact) mass is 277 g/mol. The van der Waals surface area contributed by atoms with Crippen LogP contribution < -0.4 is 10.2 Å². The zero-order chi connectivity index (χ0) is 12.8. The third-order valence-electron chi connectivity index (χ3n) is 1.88. The van der Waals surface area contributed by atoms with Gasteiger partial charge >= 0.3 is 0 Å². The molecule has 1 N–H and O–H groups in total. The van der Waals surface area contributed by atoms with E-state index >= 15 is 0 Å². The predicted octanol–water partition coefficient (Wildman–Crippen LogP) is 2.83. The van der Waals surface area contributed by atoms with Crippen LogP contribution in [0.2, 0.25) is 10.0 Å². The van der Waals surface area contributed by atoms with Gasteiger partial charge in [0.05, 0.1) is 11.6 Å². The highest BCUT2D eigenvalue weighted by Gasteiger charge is 2.16. The van der Waals surface area contributed by atoms with Crippen molar-refractivity contribution in [3.63, 3.8) is 0 Å². The normalized spacial score (nSPS) is 12.0. The Balaban J connectivity index is 2.61. The highest BCUT2D eigenvalue weighted by atomic mass is 35.5. The van der Waals surface area contributed by atoms with Gasteiger partial charge in [0, 0.05) is 5.02 Å². The summed E-state index contributed by atoms with van der Waals surface area (Å²) in [6.45, 7) is 3.75.